The minimum Gasteiger partial charge on any atom is -0.496 e. The van der Waals surface area contributed by atoms with Gasteiger partial charge in [0.1, 0.15) is 5.75 Å². The van der Waals surface area contributed by atoms with Gasteiger partial charge in [-0.3, -0.25) is 4.79 Å². The lowest BCUT2D eigenvalue weighted by atomic mass is 9.95. The average Bonchev–Trinajstić information content (AvgIpc) is 2.77. The average molecular weight is 222 g/mol. The summed E-state index contributed by atoms with van der Waals surface area (Å²) in [4.78, 5) is 11.1. The Bertz CT molecular complexity index is 388. The van der Waals surface area contributed by atoms with Crippen molar-refractivity contribution in [3.8, 4) is 5.75 Å². The highest BCUT2D eigenvalue weighted by Crippen LogP contribution is 2.38. The van der Waals surface area contributed by atoms with E-state index in [0.29, 0.717) is 18.8 Å². The van der Waals surface area contributed by atoms with Crippen molar-refractivity contribution in [2.45, 2.75) is 12.5 Å². The second kappa shape index (κ2) is 4.53. The Hall–Kier alpha value is -1.55. The summed E-state index contributed by atoms with van der Waals surface area (Å²) in [5.41, 5.74) is 0.815. The maximum atomic E-state index is 11.1. The molecule has 0 aliphatic carbocycles. The van der Waals surface area contributed by atoms with Gasteiger partial charge in [-0.1, -0.05) is 18.2 Å². The van der Waals surface area contributed by atoms with Gasteiger partial charge in [0.15, 0.2) is 0 Å². The van der Waals surface area contributed by atoms with E-state index in [0.717, 1.165) is 5.56 Å². The molecule has 1 aliphatic heterocycles. The minimum absolute atomic E-state index is 0.395. The second-order valence-corrected chi connectivity index (χ2v) is 3.77. The zero-order chi connectivity index (χ0) is 11.5. The Kier molecular flexibility index (Phi) is 3.10. The molecule has 2 rings (SSSR count). The number of aliphatic carboxylic acids is 1. The molecule has 1 aromatic carbocycles. The number of carboxylic acids is 1. The van der Waals surface area contributed by atoms with Crippen LogP contribution in [0.3, 0.4) is 0 Å². The highest BCUT2D eigenvalue weighted by Gasteiger charge is 2.36. The smallest absolute Gasteiger partial charge is 0.309 e. The molecule has 1 heterocycles. The lowest BCUT2D eigenvalue weighted by Crippen LogP contribution is -2.18. The van der Waals surface area contributed by atoms with Crippen molar-refractivity contribution in [2.75, 3.05) is 13.7 Å². The van der Waals surface area contributed by atoms with Gasteiger partial charge < -0.3 is 14.6 Å². The Morgan fingerprint density at radius 1 is 1.50 bits per heavy atom. The normalized spacial score (nSPS) is 24.3. The monoisotopic (exact) mass is 222 g/mol. The van der Waals surface area contributed by atoms with Crippen molar-refractivity contribution in [1.82, 2.24) is 0 Å². The molecule has 2 unspecified atom stereocenters. The van der Waals surface area contributed by atoms with E-state index in [2.05, 4.69) is 0 Å². The van der Waals surface area contributed by atoms with Crippen molar-refractivity contribution in [1.29, 1.82) is 0 Å². The van der Waals surface area contributed by atoms with E-state index in [1.165, 1.54) is 0 Å². The topological polar surface area (TPSA) is 55.8 Å². The van der Waals surface area contributed by atoms with E-state index < -0.39 is 18.0 Å². The summed E-state index contributed by atoms with van der Waals surface area (Å²) in [7, 11) is 1.57. The maximum Gasteiger partial charge on any atom is 0.309 e. The zero-order valence-electron chi connectivity index (χ0n) is 9.05. The van der Waals surface area contributed by atoms with Crippen molar-refractivity contribution in [3.63, 3.8) is 0 Å². The third kappa shape index (κ3) is 1.88. The highest BCUT2D eigenvalue weighted by atomic mass is 16.5. The van der Waals surface area contributed by atoms with E-state index in [9.17, 15) is 4.79 Å². The van der Waals surface area contributed by atoms with Crippen LogP contribution in [0.5, 0.6) is 5.75 Å². The number of methoxy groups -OCH3 is 1. The van der Waals surface area contributed by atoms with Crippen LogP contribution in [0, 0.1) is 5.92 Å². The molecule has 0 aromatic heterocycles. The van der Waals surface area contributed by atoms with Crippen LogP contribution in [0.1, 0.15) is 18.1 Å². The van der Waals surface area contributed by atoms with Gasteiger partial charge in [0.05, 0.1) is 19.1 Å². The lowest BCUT2D eigenvalue weighted by molar-refractivity contribution is -0.143. The molecule has 0 bridgehead atoms. The molecule has 4 nitrogen and oxygen atoms in total. The van der Waals surface area contributed by atoms with Gasteiger partial charge in [0.2, 0.25) is 0 Å². The zero-order valence-corrected chi connectivity index (χ0v) is 9.05. The van der Waals surface area contributed by atoms with Crippen LogP contribution in [-0.4, -0.2) is 24.8 Å². The van der Waals surface area contributed by atoms with Crippen molar-refractivity contribution < 1.29 is 19.4 Å². The largest absolute Gasteiger partial charge is 0.496 e. The minimum atomic E-state index is -0.812. The lowest BCUT2D eigenvalue weighted by Gasteiger charge is -2.17. The molecule has 86 valence electrons. The van der Waals surface area contributed by atoms with Crippen LogP contribution in [0.15, 0.2) is 24.3 Å². The van der Waals surface area contributed by atoms with Crippen molar-refractivity contribution >= 4 is 5.97 Å². The molecule has 1 N–H and O–H groups in total. The molecule has 16 heavy (non-hydrogen) atoms. The number of hydrogen-bond donors (Lipinski definition) is 1. The summed E-state index contributed by atoms with van der Waals surface area (Å²) in [5.74, 6) is -0.606. The third-order valence-corrected chi connectivity index (χ3v) is 2.85. The van der Waals surface area contributed by atoms with Crippen LogP contribution in [-0.2, 0) is 9.53 Å². The number of benzene rings is 1. The first-order valence-electron chi connectivity index (χ1n) is 5.21. The quantitative estimate of drug-likeness (QED) is 0.848. The van der Waals surface area contributed by atoms with Gasteiger partial charge in [-0.2, -0.15) is 0 Å². The van der Waals surface area contributed by atoms with Crippen molar-refractivity contribution in [2.24, 2.45) is 5.92 Å². The summed E-state index contributed by atoms with van der Waals surface area (Å²) in [6.07, 6.45) is 0.159. The molecular weight excluding hydrogens is 208 g/mol. The first-order chi connectivity index (χ1) is 7.74. The molecule has 1 aromatic rings. The molecule has 0 amide bonds. The standard InChI is InChI=1S/C12H14O4/c1-15-10-5-3-2-4-8(10)11-9(12(13)14)6-7-16-11/h2-5,9,11H,6-7H2,1H3,(H,13,14). The molecule has 1 fully saturated rings. The molecule has 4 heteroatoms. The van der Waals surface area contributed by atoms with Crippen LogP contribution in [0.4, 0.5) is 0 Å². The van der Waals surface area contributed by atoms with Crippen LogP contribution < -0.4 is 4.74 Å². The molecular formula is C12H14O4. The van der Waals surface area contributed by atoms with Gasteiger partial charge in [-0.15, -0.1) is 0 Å². The summed E-state index contributed by atoms with van der Waals surface area (Å²) < 4.78 is 10.7. The van der Waals surface area contributed by atoms with E-state index >= 15 is 0 Å². The summed E-state index contributed by atoms with van der Waals surface area (Å²) in [5, 5.41) is 9.09. The SMILES string of the molecule is COc1ccccc1C1OCCC1C(=O)O. The number of para-hydroxylation sites is 1. The first-order valence-corrected chi connectivity index (χ1v) is 5.21. The van der Waals surface area contributed by atoms with E-state index in [1.54, 1.807) is 7.11 Å². The molecule has 0 spiro atoms. The Morgan fingerprint density at radius 2 is 2.25 bits per heavy atom. The molecule has 0 saturated carbocycles. The fourth-order valence-electron chi connectivity index (χ4n) is 2.05. The van der Waals surface area contributed by atoms with Gasteiger partial charge in [-0.25, -0.2) is 0 Å². The Morgan fingerprint density at radius 3 is 2.94 bits per heavy atom. The van der Waals surface area contributed by atoms with E-state index in [4.69, 9.17) is 14.6 Å². The van der Waals surface area contributed by atoms with Gasteiger partial charge in [0, 0.05) is 12.2 Å². The van der Waals surface area contributed by atoms with Crippen LogP contribution >= 0.6 is 0 Å². The predicted molar refractivity (Wildman–Crippen MR) is 57.4 cm³/mol. The molecule has 1 saturated heterocycles. The Labute approximate surface area is 93.8 Å². The number of carbonyl (C=O) groups is 1. The van der Waals surface area contributed by atoms with Gasteiger partial charge in [0.25, 0.3) is 0 Å². The molecule has 2 atom stereocenters. The van der Waals surface area contributed by atoms with Crippen LogP contribution in [0.25, 0.3) is 0 Å². The predicted octanol–water partition coefficient (Wildman–Crippen LogP) is 1.86. The summed E-state index contributed by atoms with van der Waals surface area (Å²) >= 11 is 0. The fraction of sp³-hybridized carbons (Fsp3) is 0.417. The number of hydrogen-bond acceptors (Lipinski definition) is 3. The van der Waals surface area contributed by atoms with E-state index in [-0.39, 0.29) is 0 Å². The third-order valence-electron chi connectivity index (χ3n) is 2.85. The van der Waals surface area contributed by atoms with E-state index in [1.807, 2.05) is 24.3 Å². The van der Waals surface area contributed by atoms with Gasteiger partial charge >= 0.3 is 5.97 Å². The number of rotatable bonds is 3. The van der Waals surface area contributed by atoms with Crippen LogP contribution in [0.2, 0.25) is 0 Å². The second-order valence-electron chi connectivity index (χ2n) is 3.77. The maximum absolute atomic E-state index is 11.1. The number of carboxylic acid groups (broad SMARTS) is 1. The van der Waals surface area contributed by atoms with Gasteiger partial charge in [-0.05, 0) is 12.5 Å². The summed E-state index contributed by atoms with van der Waals surface area (Å²) in [6, 6.07) is 7.38. The molecule has 1 aliphatic rings. The summed E-state index contributed by atoms with van der Waals surface area (Å²) in [6.45, 7) is 0.486. The van der Waals surface area contributed by atoms with Crippen molar-refractivity contribution in [3.05, 3.63) is 29.8 Å². The molecule has 0 radical (unpaired) electrons. The fourth-order valence-corrected chi connectivity index (χ4v) is 2.05. The Balaban J connectivity index is 2.32. The number of ether oxygens (including phenoxy) is 2. The first kappa shape index (κ1) is 11.0. The highest BCUT2D eigenvalue weighted by molar-refractivity contribution is 5.71.